The summed E-state index contributed by atoms with van der Waals surface area (Å²) in [7, 11) is 1.60. The maximum Gasteiger partial charge on any atom is 0.222 e. The molecule has 2 N–H and O–H groups in total. The lowest BCUT2D eigenvalue weighted by Crippen LogP contribution is -2.07. The van der Waals surface area contributed by atoms with E-state index in [-0.39, 0.29) is 5.91 Å². The number of methoxy groups -OCH3 is 1. The van der Waals surface area contributed by atoms with Crippen molar-refractivity contribution in [2.24, 2.45) is 0 Å². The first-order valence-corrected chi connectivity index (χ1v) is 9.48. The molecule has 0 atom stereocenters. The second kappa shape index (κ2) is 8.20. The molecule has 0 saturated carbocycles. The minimum atomic E-state index is -0.184. The van der Waals surface area contributed by atoms with Crippen molar-refractivity contribution in [3.8, 4) is 34.0 Å². The number of rotatable bonds is 6. The fourth-order valence-corrected chi connectivity index (χ4v) is 3.25. The number of anilines is 1. The Morgan fingerprint density at radius 2 is 1.93 bits per heavy atom. The summed E-state index contributed by atoms with van der Waals surface area (Å²) in [5.41, 5.74) is 4.84. The van der Waals surface area contributed by atoms with E-state index in [0.717, 1.165) is 33.5 Å². The zero-order valence-corrected chi connectivity index (χ0v) is 16.9. The number of amides is 1. The Labute approximate surface area is 173 Å². The van der Waals surface area contributed by atoms with Gasteiger partial charge >= 0.3 is 0 Å². The molecule has 0 fully saturated rings. The van der Waals surface area contributed by atoms with Crippen molar-refractivity contribution in [1.82, 2.24) is 19.9 Å². The SMILES string of the molecule is CCOc1cnc2c(-c3ccc(OC)cn3)c(-c3ccnc(NC(C)=O)c3)[nH]c2c1. The molecule has 4 heterocycles. The maximum atomic E-state index is 11.4. The quantitative estimate of drug-likeness (QED) is 0.503. The Morgan fingerprint density at radius 3 is 2.63 bits per heavy atom. The molecular weight excluding hydrogens is 382 g/mol. The first kappa shape index (κ1) is 19.4. The molecule has 4 aromatic heterocycles. The van der Waals surface area contributed by atoms with E-state index in [1.54, 1.807) is 25.7 Å². The van der Waals surface area contributed by atoms with Gasteiger partial charge in [0.1, 0.15) is 17.3 Å². The van der Waals surface area contributed by atoms with E-state index >= 15 is 0 Å². The molecule has 0 unspecified atom stereocenters. The summed E-state index contributed by atoms with van der Waals surface area (Å²) in [6, 6.07) is 9.33. The molecule has 0 aliphatic rings. The second-order valence-electron chi connectivity index (χ2n) is 6.57. The Kier molecular flexibility index (Phi) is 5.30. The lowest BCUT2D eigenvalue weighted by Gasteiger charge is -2.07. The third-order valence-corrected chi connectivity index (χ3v) is 4.50. The molecule has 4 rings (SSSR count). The third kappa shape index (κ3) is 3.80. The van der Waals surface area contributed by atoms with Crippen LogP contribution >= 0.6 is 0 Å². The van der Waals surface area contributed by atoms with Crippen LogP contribution in [0.1, 0.15) is 13.8 Å². The molecule has 4 aromatic rings. The molecule has 0 aromatic carbocycles. The highest BCUT2D eigenvalue weighted by Crippen LogP contribution is 2.38. The van der Waals surface area contributed by atoms with Gasteiger partial charge in [-0.3, -0.25) is 14.8 Å². The summed E-state index contributed by atoms with van der Waals surface area (Å²) in [6.07, 6.45) is 5.02. The monoisotopic (exact) mass is 403 g/mol. The predicted molar refractivity (Wildman–Crippen MR) is 115 cm³/mol. The number of ether oxygens (including phenoxy) is 2. The zero-order valence-electron chi connectivity index (χ0n) is 16.9. The average molecular weight is 403 g/mol. The Hall–Kier alpha value is -3.94. The normalized spacial score (nSPS) is 10.8. The Balaban J connectivity index is 1.91. The van der Waals surface area contributed by atoms with Gasteiger partial charge in [-0.2, -0.15) is 0 Å². The van der Waals surface area contributed by atoms with E-state index in [4.69, 9.17) is 9.47 Å². The second-order valence-corrected chi connectivity index (χ2v) is 6.57. The van der Waals surface area contributed by atoms with Crippen molar-refractivity contribution in [2.75, 3.05) is 19.0 Å². The topological polar surface area (TPSA) is 102 Å². The molecule has 1 amide bonds. The van der Waals surface area contributed by atoms with Gasteiger partial charge in [0.15, 0.2) is 0 Å². The standard InChI is InChI=1S/C22H21N5O3/c1-4-30-16-10-18-22(25-12-16)20(17-6-5-15(29-3)11-24-17)21(27-18)14-7-8-23-19(9-14)26-13(2)28/h5-12,27H,4H2,1-3H3,(H,23,26,28). The number of hydrogen-bond acceptors (Lipinski definition) is 6. The molecule has 0 aliphatic carbocycles. The fraction of sp³-hybridized carbons (Fsp3) is 0.182. The van der Waals surface area contributed by atoms with Crippen LogP contribution in [0.15, 0.2) is 48.9 Å². The number of pyridine rings is 3. The van der Waals surface area contributed by atoms with Crippen LogP contribution in [0.5, 0.6) is 11.5 Å². The van der Waals surface area contributed by atoms with Crippen molar-refractivity contribution in [1.29, 1.82) is 0 Å². The summed E-state index contributed by atoms with van der Waals surface area (Å²) in [5, 5.41) is 2.72. The van der Waals surface area contributed by atoms with Crippen molar-refractivity contribution in [2.45, 2.75) is 13.8 Å². The van der Waals surface area contributed by atoms with Gasteiger partial charge in [-0.1, -0.05) is 0 Å². The van der Waals surface area contributed by atoms with Gasteiger partial charge < -0.3 is 19.8 Å². The van der Waals surface area contributed by atoms with Crippen molar-refractivity contribution in [3.05, 3.63) is 48.9 Å². The summed E-state index contributed by atoms with van der Waals surface area (Å²) >= 11 is 0. The Morgan fingerprint density at radius 1 is 1.10 bits per heavy atom. The molecule has 0 spiro atoms. The third-order valence-electron chi connectivity index (χ3n) is 4.50. The minimum absolute atomic E-state index is 0.184. The van der Waals surface area contributed by atoms with Crippen LogP contribution in [-0.4, -0.2) is 39.6 Å². The zero-order chi connectivity index (χ0) is 21.1. The predicted octanol–water partition coefficient (Wildman–Crippen LogP) is 4.05. The van der Waals surface area contributed by atoms with Gasteiger partial charge in [-0.15, -0.1) is 0 Å². The first-order chi connectivity index (χ1) is 14.6. The number of fused-ring (bicyclic) bond motifs is 1. The summed E-state index contributed by atoms with van der Waals surface area (Å²) in [6.45, 7) is 3.93. The van der Waals surface area contributed by atoms with Gasteiger partial charge in [0, 0.05) is 24.8 Å². The van der Waals surface area contributed by atoms with E-state index in [1.165, 1.54) is 6.92 Å². The number of hydrogen-bond donors (Lipinski definition) is 2. The number of nitrogens with zero attached hydrogens (tertiary/aromatic N) is 3. The summed E-state index contributed by atoms with van der Waals surface area (Å²) in [5.74, 6) is 1.64. The highest BCUT2D eigenvalue weighted by Gasteiger charge is 2.19. The van der Waals surface area contributed by atoms with Crippen LogP contribution in [0, 0.1) is 0 Å². The van der Waals surface area contributed by atoms with Gasteiger partial charge in [0.25, 0.3) is 0 Å². The molecule has 0 aliphatic heterocycles. The number of carbonyl (C=O) groups is 1. The lowest BCUT2D eigenvalue weighted by atomic mass is 10.0. The number of carbonyl (C=O) groups excluding carboxylic acids is 1. The van der Waals surface area contributed by atoms with Gasteiger partial charge in [0.2, 0.25) is 5.91 Å². The van der Waals surface area contributed by atoms with Crippen LogP contribution in [0.25, 0.3) is 33.5 Å². The number of aromatic nitrogens is 4. The number of nitrogens with one attached hydrogen (secondary N) is 2. The number of aromatic amines is 1. The summed E-state index contributed by atoms with van der Waals surface area (Å²) < 4.78 is 10.8. The molecule has 8 nitrogen and oxygen atoms in total. The van der Waals surface area contributed by atoms with E-state index in [9.17, 15) is 4.79 Å². The molecule has 0 saturated heterocycles. The summed E-state index contributed by atoms with van der Waals surface area (Å²) in [4.78, 5) is 28.3. The molecule has 152 valence electrons. The van der Waals surface area contributed by atoms with Gasteiger partial charge in [0.05, 0.1) is 54.1 Å². The maximum absolute atomic E-state index is 11.4. The van der Waals surface area contributed by atoms with Crippen LogP contribution in [0.3, 0.4) is 0 Å². The van der Waals surface area contributed by atoms with Crippen LogP contribution in [-0.2, 0) is 4.79 Å². The molecule has 30 heavy (non-hydrogen) atoms. The van der Waals surface area contributed by atoms with Crippen LogP contribution in [0.4, 0.5) is 5.82 Å². The lowest BCUT2D eigenvalue weighted by molar-refractivity contribution is -0.114. The molecule has 0 radical (unpaired) electrons. The number of H-pyrrole nitrogens is 1. The first-order valence-electron chi connectivity index (χ1n) is 9.48. The smallest absolute Gasteiger partial charge is 0.222 e. The van der Waals surface area contributed by atoms with Crippen molar-refractivity contribution in [3.63, 3.8) is 0 Å². The van der Waals surface area contributed by atoms with Crippen molar-refractivity contribution < 1.29 is 14.3 Å². The molecule has 0 bridgehead atoms. The molecular formula is C22H21N5O3. The highest BCUT2D eigenvalue weighted by molar-refractivity contribution is 6.01. The largest absolute Gasteiger partial charge is 0.495 e. The van der Waals surface area contributed by atoms with E-state index < -0.39 is 0 Å². The van der Waals surface area contributed by atoms with E-state index in [0.29, 0.717) is 23.9 Å². The van der Waals surface area contributed by atoms with Gasteiger partial charge in [-0.25, -0.2) is 4.98 Å². The van der Waals surface area contributed by atoms with Crippen LogP contribution < -0.4 is 14.8 Å². The van der Waals surface area contributed by atoms with Crippen molar-refractivity contribution >= 4 is 22.8 Å². The average Bonchev–Trinajstić information content (AvgIpc) is 3.12. The van der Waals surface area contributed by atoms with E-state index in [1.807, 2.05) is 37.3 Å². The minimum Gasteiger partial charge on any atom is -0.495 e. The van der Waals surface area contributed by atoms with E-state index in [2.05, 4.69) is 25.3 Å². The van der Waals surface area contributed by atoms with Gasteiger partial charge in [-0.05, 0) is 31.2 Å². The molecule has 8 heteroatoms. The highest BCUT2D eigenvalue weighted by atomic mass is 16.5. The Bertz CT molecular complexity index is 1200. The van der Waals surface area contributed by atoms with Crippen LogP contribution in [0.2, 0.25) is 0 Å². The fourth-order valence-electron chi connectivity index (χ4n) is 3.25.